The molecule has 130 valence electrons. The van der Waals surface area contributed by atoms with Gasteiger partial charge in [0, 0.05) is 20.0 Å². The molecule has 1 aliphatic carbocycles. The molecule has 1 aliphatic rings. The van der Waals surface area contributed by atoms with Crippen LogP contribution in [-0.2, 0) is 27.5 Å². The maximum Gasteiger partial charge on any atom is 0.307 e. The van der Waals surface area contributed by atoms with Gasteiger partial charge in [-0.1, -0.05) is 37.1 Å². The van der Waals surface area contributed by atoms with E-state index < -0.39 is 17.8 Å². The number of carboxylic acids is 1. The summed E-state index contributed by atoms with van der Waals surface area (Å²) in [7, 11) is 0. The minimum Gasteiger partial charge on any atom is -0.481 e. The second-order valence-electron chi connectivity index (χ2n) is 6.28. The molecule has 0 aromatic heterocycles. The van der Waals surface area contributed by atoms with Gasteiger partial charge in [-0.2, -0.15) is 0 Å². The van der Waals surface area contributed by atoms with Crippen LogP contribution < -0.4 is 10.6 Å². The molecular weight excluding hydrogens is 308 g/mol. The van der Waals surface area contributed by atoms with Crippen molar-refractivity contribution in [2.24, 2.45) is 11.8 Å². The van der Waals surface area contributed by atoms with Gasteiger partial charge >= 0.3 is 5.97 Å². The van der Waals surface area contributed by atoms with Crippen LogP contribution in [-0.4, -0.2) is 22.9 Å². The van der Waals surface area contributed by atoms with E-state index in [2.05, 4.69) is 10.6 Å². The number of benzene rings is 1. The SMILES string of the molecule is CC(=O)NCc1ccc(CNC(=O)[C@@H]2CCCC[C@@H]2C(=O)O)cc1. The maximum absolute atomic E-state index is 12.3. The first-order chi connectivity index (χ1) is 11.5. The van der Waals surface area contributed by atoms with Crippen LogP contribution in [0, 0.1) is 11.8 Å². The molecule has 24 heavy (non-hydrogen) atoms. The van der Waals surface area contributed by atoms with Gasteiger partial charge in [0.15, 0.2) is 0 Å². The fourth-order valence-corrected chi connectivity index (χ4v) is 3.06. The quantitative estimate of drug-likeness (QED) is 0.740. The summed E-state index contributed by atoms with van der Waals surface area (Å²) < 4.78 is 0. The summed E-state index contributed by atoms with van der Waals surface area (Å²) in [6, 6.07) is 7.59. The lowest BCUT2D eigenvalue weighted by molar-refractivity contribution is -0.148. The van der Waals surface area contributed by atoms with Gasteiger partial charge in [-0.3, -0.25) is 14.4 Å². The summed E-state index contributed by atoms with van der Waals surface area (Å²) in [5.74, 6) is -2.14. The fourth-order valence-electron chi connectivity index (χ4n) is 3.06. The first kappa shape index (κ1) is 18.0. The number of nitrogens with one attached hydrogen (secondary N) is 2. The van der Waals surface area contributed by atoms with Gasteiger partial charge in [-0.15, -0.1) is 0 Å². The van der Waals surface area contributed by atoms with E-state index >= 15 is 0 Å². The van der Waals surface area contributed by atoms with E-state index in [9.17, 15) is 19.5 Å². The highest BCUT2D eigenvalue weighted by Crippen LogP contribution is 2.30. The summed E-state index contributed by atoms with van der Waals surface area (Å²) in [5, 5.41) is 14.8. The first-order valence-electron chi connectivity index (χ1n) is 8.30. The molecule has 1 aromatic carbocycles. The number of carbonyl (C=O) groups excluding carboxylic acids is 2. The van der Waals surface area contributed by atoms with Crippen molar-refractivity contribution in [3.63, 3.8) is 0 Å². The predicted molar refractivity (Wildman–Crippen MR) is 88.9 cm³/mol. The Hall–Kier alpha value is -2.37. The molecule has 3 N–H and O–H groups in total. The molecule has 0 unspecified atom stereocenters. The van der Waals surface area contributed by atoms with Gasteiger partial charge in [0.1, 0.15) is 0 Å². The summed E-state index contributed by atoms with van der Waals surface area (Å²) in [6.45, 7) is 2.33. The molecule has 0 spiro atoms. The lowest BCUT2D eigenvalue weighted by atomic mass is 9.78. The number of hydrogen-bond donors (Lipinski definition) is 3. The summed E-state index contributed by atoms with van der Waals surface area (Å²) in [4.78, 5) is 34.5. The summed E-state index contributed by atoms with van der Waals surface area (Å²) in [5.41, 5.74) is 1.93. The van der Waals surface area contributed by atoms with Crippen LogP contribution in [0.3, 0.4) is 0 Å². The normalized spacial score (nSPS) is 20.2. The Labute approximate surface area is 141 Å². The predicted octanol–water partition coefficient (Wildman–Crippen LogP) is 1.83. The average molecular weight is 332 g/mol. The van der Waals surface area contributed by atoms with Crippen molar-refractivity contribution in [2.75, 3.05) is 0 Å². The van der Waals surface area contributed by atoms with Crippen molar-refractivity contribution < 1.29 is 19.5 Å². The molecule has 0 aliphatic heterocycles. The Morgan fingerprint density at radius 3 is 1.96 bits per heavy atom. The molecule has 1 saturated carbocycles. The molecule has 0 saturated heterocycles. The van der Waals surface area contributed by atoms with Crippen LogP contribution in [0.2, 0.25) is 0 Å². The minimum absolute atomic E-state index is 0.0770. The highest BCUT2D eigenvalue weighted by atomic mass is 16.4. The van der Waals surface area contributed by atoms with E-state index in [0.717, 1.165) is 24.0 Å². The number of carboxylic acid groups (broad SMARTS) is 1. The Kier molecular flexibility index (Phi) is 6.35. The van der Waals surface area contributed by atoms with Crippen molar-refractivity contribution in [3.05, 3.63) is 35.4 Å². The van der Waals surface area contributed by atoms with Gasteiger partial charge in [0.2, 0.25) is 11.8 Å². The average Bonchev–Trinajstić information content (AvgIpc) is 2.58. The zero-order valence-electron chi connectivity index (χ0n) is 13.9. The third kappa shape index (κ3) is 5.08. The van der Waals surface area contributed by atoms with Crippen LogP contribution in [0.4, 0.5) is 0 Å². The van der Waals surface area contributed by atoms with Crippen molar-refractivity contribution in [2.45, 2.75) is 45.7 Å². The fraction of sp³-hybridized carbons (Fsp3) is 0.500. The molecule has 2 atom stereocenters. The number of carbonyl (C=O) groups is 3. The second kappa shape index (κ2) is 8.47. The van der Waals surface area contributed by atoms with Gasteiger partial charge in [-0.25, -0.2) is 0 Å². The summed E-state index contributed by atoms with van der Waals surface area (Å²) in [6.07, 6.45) is 2.99. The van der Waals surface area contributed by atoms with E-state index in [0.29, 0.717) is 25.9 Å². The minimum atomic E-state index is -0.878. The maximum atomic E-state index is 12.3. The molecule has 1 aromatic rings. The van der Waals surface area contributed by atoms with Gasteiger partial charge in [0.25, 0.3) is 0 Å². The smallest absolute Gasteiger partial charge is 0.307 e. The number of amides is 2. The lowest BCUT2D eigenvalue weighted by Crippen LogP contribution is -2.39. The topological polar surface area (TPSA) is 95.5 Å². The van der Waals surface area contributed by atoms with Crippen LogP contribution >= 0.6 is 0 Å². The van der Waals surface area contributed by atoms with E-state index in [1.54, 1.807) is 0 Å². The Bertz CT molecular complexity index is 598. The monoisotopic (exact) mass is 332 g/mol. The molecular formula is C18H24N2O4. The third-order valence-electron chi connectivity index (χ3n) is 4.45. The molecule has 0 heterocycles. The Balaban J connectivity index is 1.86. The van der Waals surface area contributed by atoms with Crippen molar-refractivity contribution in [1.82, 2.24) is 10.6 Å². The first-order valence-corrected chi connectivity index (χ1v) is 8.30. The molecule has 0 radical (unpaired) electrons. The Morgan fingerprint density at radius 1 is 0.958 bits per heavy atom. The Morgan fingerprint density at radius 2 is 1.46 bits per heavy atom. The lowest BCUT2D eigenvalue weighted by Gasteiger charge is -2.27. The largest absolute Gasteiger partial charge is 0.481 e. The van der Waals surface area contributed by atoms with Gasteiger partial charge in [-0.05, 0) is 24.0 Å². The molecule has 2 rings (SSSR count). The van der Waals surface area contributed by atoms with Crippen LogP contribution in [0.25, 0.3) is 0 Å². The van der Waals surface area contributed by atoms with Gasteiger partial charge < -0.3 is 15.7 Å². The zero-order chi connectivity index (χ0) is 17.5. The molecule has 6 heteroatoms. The molecule has 1 fully saturated rings. The third-order valence-corrected chi connectivity index (χ3v) is 4.45. The molecule has 6 nitrogen and oxygen atoms in total. The van der Waals surface area contributed by atoms with E-state index in [1.807, 2.05) is 24.3 Å². The van der Waals surface area contributed by atoms with E-state index in [-0.39, 0.29) is 11.8 Å². The standard InChI is InChI=1S/C18H24N2O4/c1-12(21)19-10-13-6-8-14(9-7-13)11-20-17(22)15-4-2-3-5-16(15)18(23)24/h6-9,15-16H,2-5,10-11H2,1H3,(H,19,21)(H,20,22)(H,23,24)/t15-,16+/m1/s1. The van der Waals surface area contributed by atoms with E-state index in [1.165, 1.54) is 6.92 Å². The van der Waals surface area contributed by atoms with E-state index in [4.69, 9.17) is 0 Å². The zero-order valence-corrected chi connectivity index (χ0v) is 13.9. The number of rotatable bonds is 6. The highest BCUT2D eigenvalue weighted by Gasteiger charge is 2.35. The van der Waals surface area contributed by atoms with Gasteiger partial charge in [0.05, 0.1) is 11.8 Å². The van der Waals surface area contributed by atoms with Crippen molar-refractivity contribution in [3.8, 4) is 0 Å². The highest BCUT2D eigenvalue weighted by molar-refractivity contribution is 5.84. The number of hydrogen-bond acceptors (Lipinski definition) is 3. The number of aliphatic carboxylic acids is 1. The van der Waals surface area contributed by atoms with Crippen LogP contribution in [0.5, 0.6) is 0 Å². The van der Waals surface area contributed by atoms with Crippen molar-refractivity contribution >= 4 is 17.8 Å². The second-order valence-corrected chi connectivity index (χ2v) is 6.28. The molecule has 0 bridgehead atoms. The molecule has 2 amide bonds. The van der Waals surface area contributed by atoms with Crippen LogP contribution in [0.15, 0.2) is 24.3 Å². The van der Waals surface area contributed by atoms with Crippen molar-refractivity contribution in [1.29, 1.82) is 0 Å². The summed E-state index contributed by atoms with van der Waals surface area (Å²) >= 11 is 0. The van der Waals surface area contributed by atoms with Crippen LogP contribution in [0.1, 0.15) is 43.7 Å².